The fourth-order valence-electron chi connectivity index (χ4n) is 10.7. The largest absolute Gasteiger partial charge is 0.319 e. The van der Waals surface area contributed by atoms with E-state index < -0.39 is 7.14 Å². The minimum Gasteiger partial charge on any atom is -0.319 e. The summed E-state index contributed by atoms with van der Waals surface area (Å²) < 4.78 is 12.8. The van der Waals surface area contributed by atoms with Crippen LogP contribution in [-0.2, 0) is 9.98 Å². The van der Waals surface area contributed by atoms with Gasteiger partial charge in [0.1, 0.15) is 7.14 Å². The van der Waals surface area contributed by atoms with Gasteiger partial charge in [0.2, 0.25) is 0 Å². The van der Waals surface area contributed by atoms with Crippen LogP contribution >= 0.6 is 7.14 Å². The summed E-state index contributed by atoms with van der Waals surface area (Å²) in [7, 11) is -2.31. The first kappa shape index (κ1) is 33.4. The molecule has 0 aliphatic heterocycles. The number of aromatic nitrogens is 3. The maximum absolute atomic E-state index is 12.8. The highest BCUT2D eigenvalue weighted by atomic mass is 31.2. The summed E-state index contributed by atoms with van der Waals surface area (Å²) in [5.74, 6) is 4.98. The van der Waals surface area contributed by atoms with Gasteiger partial charge in [-0.05, 0) is 102 Å². The van der Waals surface area contributed by atoms with Crippen LogP contribution in [0.15, 0.2) is 146 Å². The van der Waals surface area contributed by atoms with E-state index in [1.807, 2.05) is 31.5 Å². The molecule has 7 aromatic rings. The summed E-state index contributed by atoms with van der Waals surface area (Å²) in [6.45, 7) is 3.69. The van der Waals surface area contributed by atoms with Crippen molar-refractivity contribution in [3.63, 3.8) is 0 Å². The van der Waals surface area contributed by atoms with Gasteiger partial charge in [0.25, 0.3) is 0 Å². The van der Waals surface area contributed by atoms with Crippen molar-refractivity contribution in [3.8, 4) is 45.3 Å². The van der Waals surface area contributed by atoms with Gasteiger partial charge in [-0.15, -0.1) is 0 Å². The number of nitrogens with zero attached hydrogens (tertiary/aromatic N) is 3. The van der Waals surface area contributed by atoms with Crippen molar-refractivity contribution in [1.29, 1.82) is 0 Å². The SMILES string of the molecule is CP(C)(=O)c1ccc(-c2cccc(C3(c4ccc(-c5nc(-c6ccccc6)nc(-c6cccc7ccccc67)n5)cc4)C4CC5CC(C4)CC3C5)c2)cc1. The van der Waals surface area contributed by atoms with Crippen molar-refractivity contribution in [3.05, 3.63) is 157 Å². The molecule has 1 aromatic heterocycles. The Morgan fingerprint density at radius 3 is 1.74 bits per heavy atom. The maximum atomic E-state index is 12.8. The predicted molar refractivity (Wildman–Crippen MR) is 222 cm³/mol. The first-order valence-electron chi connectivity index (χ1n) is 19.5. The average molecular weight is 722 g/mol. The Kier molecular flexibility index (Phi) is 8.04. The highest BCUT2D eigenvalue weighted by Gasteiger charge is 2.58. The molecule has 4 saturated carbocycles. The number of fused-ring (bicyclic) bond motifs is 1. The van der Waals surface area contributed by atoms with Crippen LogP contribution in [0.3, 0.4) is 0 Å². The fourth-order valence-corrected chi connectivity index (χ4v) is 11.5. The molecule has 266 valence electrons. The summed E-state index contributed by atoms with van der Waals surface area (Å²) in [6, 6.07) is 52.1. The molecule has 0 radical (unpaired) electrons. The Morgan fingerprint density at radius 2 is 1.06 bits per heavy atom. The van der Waals surface area contributed by atoms with Gasteiger partial charge in [0, 0.05) is 27.4 Å². The molecule has 4 nitrogen and oxygen atoms in total. The molecule has 11 rings (SSSR count). The Bertz CT molecular complexity index is 2520. The van der Waals surface area contributed by atoms with Gasteiger partial charge in [-0.25, -0.2) is 15.0 Å². The normalized spacial score (nSPS) is 23.1. The number of hydrogen-bond donors (Lipinski definition) is 0. The van der Waals surface area contributed by atoms with Crippen LogP contribution in [0.1, 0.15) is 43.2 Å². The van der Waals surface area contributed by atoms with E-state index in [1.54, 1.807) is 0 Å². The predicted octanol–water partition coefficient (Wildman–Crippen LogP) is 11.7. The van der Waals surface area contributed by atoms with E-state index in [-0.39, 0.29) is 5.41 Å². The van der Waals surface area contributed by atoms with Crippen molar-refractivity contribution >= 4 is 23.2 Å². The minimum atomic E-state index is -2.31. The van der Waals surface area contributed by atoms with E-state index in [4.69, 9.17) is 15.0 Å². The van der Waals surface area contributed by atoms with Crippen molar-refractivity contribution in [2.45, 2.75) is 37.5 Å². The molecule has 4 aliphatic carbocycles. The van der Waals surface area contributed by atoms with Crippen molar-refractivity contribution < 1.29 is 4.57 Å². The summed E-state index contributed by atoms with van der Waals surface area (Å²) >= 11 is 0. The second-order valence-electron chi connectivity index (χ2n) is 16.4. The van der Waals surface area contributed by atoms with Crippen molar-refractivity contribution in [1.82, 2.24) is 15.0 Å². The average Bonchev–Trinajstić information content (AvgIpc) is 3.21. The number of rotatable bonds is 7. The zero-order chi connectivity index (χ0) is 36.4. The van der Waals surface area contributed by atoms with Gasteiger partial charge in [-0.3, -0.25) is 0 Å². The molecule has 0 atom stereocenters. The van der Waals surface area contributed by atoms with Crippen molar-refractivity contribution in [2.75, 3.05) is 13.3 Å². The third-order valence-electron chi connectivity index (χ3n) is 12.9. The zero-order valence-corrected chi connectivity index (χ0v) is 31.8. The Morgan fingerprint density at radius 1 is 0.500 bits per heavy atom. The summed E-state index contributed by atoms with van der Waals surface area (Å²) in [4.78, 5) is 15.3. The molecule has 4 bridgehead atoms. The van der Waals surface area contributed by atoms with E-state index in [9.17, 15) is 4.57 Å². The highest BCUT2D eigenvalue weighted by Crippen LogP contribution is 2.65. The van der Waals surface area contributed by atoms with Crippen LogP contribution in [0.25, 0.3) is 56.1 Å². The van der Waals surface area contributed by atoms with E-state index >= 15 is 0 Å². The molecule has 0 saturated heterocycles. The lowest BCUT2D eigenvalue weighted by Crippen LogP contribution is -2.56. The standard InChI is InChI=1S/C49H44N3OP/c1-54(2,53)43-24-20-34(21-25-43)38-14-8-15-40(31-38)49(41-27-32-26-33(29-41)30-42(49)28-32)39-22-18-37(19-23-39)47-50-46(36-11-4-3-5-12-36)51-48(52-47)45-17-9-13-35-10-6-7-16-44(35)45/h3-25,31-33,41-42H,26-30H2,1-2H3. The molecule has 0 N–H and O–H groups in total. The molecule has 1 heterocycles. The molecule has 5 heteroatoms. The molecule has 4 fully saturated rings. The molecule has 0 amide bonds. The monoisotopic (exact) mass is 721 g/mol. The van der Waals surface area contributed by atoms with Gasteiger partial charge in [-0.2, -0.15) is 0 Å². The third kappa shape index (κ3) is 5.66. The maximum Gasteiger partial charge on any atom is 0.164 e. The summed E-state index contributed by atoms with van der Waals surface area (Å²) in [5, 5.41) is 3.22. The van der Waals surface area contributed by atoms with E-state index in [2.05, 4.69) is 127 Å². The van der Waals surface area contributed by atoms with Gasteiger partial charge >= 0.3 is 0 Å². The molecular weight excluding hydrogens is 678 g/mol. The second kappa shape index (κ2) is 13.0. The molecule has 0 spiro atoms. The number of hydrogen-bond acceptors (Lipinski definition) is 4. The lowest BCUT2D eigenvalue weighted by Gasteiger charge is -2.62. The Labute approximate surface area is 318 Å². The van der Waals surface area contributed by atoms with Crippen molar-refractivity contribution in [2.24, 2.45) is 23.7 Å². The van der Waals surface area contributed by atoms with E-state index in [0.29, 0.717) is 29.3 Å². The highest BCUT2D eigenvalue weighted by molar-refractivity contribution is 7.70. The third-order valence-corrected chi connectivity index (χ3v) is 14.4. The van der Waals surface area contributed by atoms with Crippen LogP contribution in [0.4, 0.5) is 0 Å². The molecule has 54 heavy (non-hydrogen) atoms. The topological polar surface area (TPSA) is 55.7 Å². The summed E-state index contributed by atoms with van der Waals surface area (Å²) in [6.07, 6.45) is 6.63. The van der Waals surface area contributed by atoms with Crippen LogP contribution in [-0.4, -0.2) is 28.3 Å². The minimum absolute atomic E-state index is 0.0488. The zero-order valence-electron chi connectivity index (χ0n) is 30.9. The van der Waals surface area contributed by atoms with Gasteiger partial charge < -0.3 is 4.57 Å². The smallest absolute Gasteiger partial charge is 0.164 e. The lowest BCUT2D eigenvalue weighted by molar-refractivity contribution is -0.0418. The van der Waals surface area contributed by atoms with Gasteiger partial charge in [0.15, 0.2) is 17.5 Å². The molecule has 6 aromatic carbocycles. The summed E-state index contributed by atoms with van der Waals surface area (Å²) in [5.41, 5.74) is 8.18. The van der Waals surface area contributed by atoms with E-state index in [0.717, 1.165) is 44.6 Å². The number of benzene rings is 6. The van der Waals surface area contributed by atoms with Gasteiger partial charge in [0.05, 0.1) is 0 Å². The molecular formula is C49H44N3OP. The Balaban J connectivity index is 1.09. The van der Waals surface area contributed by atoms with Crippen LogP contribution < -0.4 is 5.30 Å². The first-order chi connectivity index (χ1) is 26.3. The quantitative estimate of drug-likeness (QED) is 0.154. The van der Waals surface area contributed by atoms with E-state index in [1.165, 1.54) is 54.4 Å². The fraction of sp³-hybridized carbons (Fsp3) is 0.245. The Hall–Kier alpha value is -5.18. The molecule has 0 unspecified atom stereocenters. The van der Waals surface area contributed by atoms with Crippen LogP contribution in [0.2, 0.25) is 0 Å². The van der Waals surface area contributed by atoms with Crippen LogP contribution in [0.5, 0.6) is 0 Å². The second-order valence-corrected chi connectivity index (χ2v) is 19.6. The van der Waals surface area contributed by atoms with Gasteiger partial charge in [-0.1, -0.05) is 146 Å². The lowest BCUT2D eigenvalue weighted by atomic mass is 9.42. The van der Waals surface area contributed by atoms with Crippen LogP contribution in [0, 0.1) is 23.7 Å². The molecule has 4 aliphatic rings. The first-order valence-corrected chi connectivity index (χ1v) is 22.1.